The van der Waals surface area contributed by atoms with Crippen LogP contribution in [0.3, 0.4) is 0 Å². The van der Waals surface area contributed by atoms with E-state index in [-0.39, 0.29) is 5.56 Å². The number of aromatic nitrogens is 2. The molecule has 1 heterocycles. The van der Waals surface area contributed by atoms with Crippen LogP contribution in [0.4, 0.5) is 5.69 Å². The van der Waals surface area contributed by atoms with Gasteiger partial charge in [-0.05, 0) is 36.0 Å². The minimum Gasteiger partial charge on any atom is -0.490 e. The lowest BCUT2D eigenvalue weighted by Crippen LogP contribution is -2.58. The van der Waals surface area contributed by atoms with Gasteiger partial charge in [0, 0.05) is 6.04 Å². The number of hydrogen-bond acceptors (Lipinski definition) is 4. The van der Waals surface area contributed by atoms with Crippen LogP contribution in [0.5, 0.6) is 5.75 Å². The summed E-state index contributed by atoms with van der Waals surface area (Å²) in [6.07, 6.45) is 4.13. The molecule has 2 bridgehead atoms. The van der Waals surface area contributed by atoms with Gasteiger partial charge in [-0.3, -0.25) is 4.79 Å². The highest BCUT2D eigenvalue weighted by molar-refractivity contribution is 5.54. The minimum atomic E-state index is -0.286. The van der Waals surface area contributed by atoms with Gasteiger partial charge in [-0.25, -0.2) is 5.10 Å². The van der Waals surface area contributed by atoms with Gasteiger partial charge in [0.2, 0.25) is 5.75 Å². The SMILES string of the molecule is COc1c(NC2CC3CC([C@H]2C)C3(C)C)cn[nH]c1=O. The average Bonchev–Trinajstić information content (AvgIpc) is 2.40. The van der Waals surface area contributed by atoms with E-state index in [0.717, 1.165) is 18.3 Å². The Morgan fingerprint density at radius 1 is 1.45 bits per heavy atom. The van der Waals surface area contributed by atoms with Crippen LogP contribution in [0, 0.1) is 23.2 Å². The highest BCUT2D eigenvalue weighted by Gasteiger charge is 2.56. The summed E-state index contributed by atoms with van der Waals surface area (Å²) in [5, 5.41) is 9.74. The van der Waals surface area contributed by atoms with Crippen LogP contribution in [-0.4, -0.2) is 23.3 Å². The van der Waals surface area contributed by atoms with Crippen LogP contribution < -0.4 is 15.6 Å². The number of fused-ring (bicyclic) bond motifs is 2. The second kappa shape index (κ2) is 4.50. The zero-order chi connectivity index (χ0) is 14.5. The van der Waals surface area contributed by atoms with Gasteiger partial charge in [0.15, 0.2) is 0 Å². The number of anilines is 1. The van der Waals surface area contributed by atoms with Gasteiger partial charge in [-0.15, -0.1) is 0 Å². The Hall–Kier alpha value is -1.52. The third kappa shape index (κ3) is 1.83. The number of H-pyrrole nitrogens is 1. The molecule has 4 rings (SSSR count). The average molecular weight is 277 g/mol. The highest BCUT2D eigenvalue weighted by Crippen LogP contribution is 2.61. The Bertz CT molecular complexity index is 566. The first-order valence-corrected chi connectivity index (χ1v) is 7.33. The molecule has 1 aromatic rings. The first-order valence-electron chi connectivity index (χ1n) is 7.33. The van der Waals surface area contributed by atoms with Crippen molar-refractivity contribution < 1.29 is 4.74 Å². The van der Waals surface area contributed by atoms with Crippen molar-refractivity contribution >= 4 is 5.69 Å². The summed E-state index contributed by atoms with van der Waals surface area (Å²) in [5.41, 5.74) is 0.882. The molecule has 3 unspecified atom stereocenters. The van der Waals surface area contributed by atoms with E-state index in [9.17, 15) is 4.79 Å². The summed E-state index contributed by atoms with van der Waals surface area (Å²) in [6.45, 7) is 7.08. The second-order valence-electron chi connectivity index (χ2n) is 6.85. The zero-order valence-electron chi connectivity index (χ0n) is 12.6. The first-order chi connectivity index (χ1) is 9.45. The molecule has 2 N–H and O–H groups in total. The van der Waals surface area contributed by atoms with Crippen molar-refractivity contribution in [3.05, 3.63) is 16.6 Å². The Morgan fingerprint density at radius 2 is 2.20 bits per heavy atom. The van der Waals surface area contributed by atoms with E-state index in [1.165, 1.54) is 13.5 Å². The van der Waals surface area contributed by atoms with E-state index in [0.29, 0.717) is 28.8 Å². The van der Waals surface area contributed by atoms with Gasteiger partial charge in [-0.2, -0.15) is 5.10 Å². The fourth-order valence-electron chi connectivity index (χ4n) is 4.23. The van der Waals surface area contributed by atoms with Gasteiger partial charge in [0.05, 0.1) is 13.3 Å². The molecular weight excluding hydrogens is 254 g/mol. The predicted molar refractivity (Wildman–Crippen MR) is 78.0 cm³/mol. The van der Waals surface area contributed by atoms with Crippen molar-refractivity contribution in [1.29, 1.82) is 0 Å². The molecule has 3 aliphatic rings. The quantitative estimate of drug-likeness (QED) is 0.889. The van der Waals surface area contributed by atoms with Crippen LogP contribution in [0.1, 0.15) is 33.6 Å². The fraction of sp³-hybridized carbons (Fsp3) is 0.733. The molecule has 0 spiro atoms. The van der Waals surface area contributed by atoms with Crippen molar-refractivity contribution in [2.45, 2.75) is 39.7 Å². The third-order valence-corrected chi connectivity index (χ3v) is 5.71. The molecule has 0 radical (unpaired) electrons. The van der Waals surface area contributed by atoms with Crippen LogP contribution in [0.2, 0.25) is 0 Å². The zero-order valence-corrected chi connectivity index (χ0v) is 12.6. The molecule has 3 fully saturated rings. The van der Waals surface area contributed by atoms with Gasteiger partial charge < -0.3 is 10.1 Å². The molecule has 110 valence electrons. The van der Waals surface area contributed by atoms with Crippen molar-refractivity contribution in [2.75, 3.05) is 12.4 Å². The van der Waals surface area contributed by atoms with E-state index in [2.05, 4.69) is 36.3 Å². The standard InChI is InChI=1S/C15H23N3O2/c1-8-10-5-9(15(10,2)3)6-11(8)17-12-7-16-18-14(19)13(12)20-4/h7-11H,5-6H2,1-4H3,(H2,17,18,19)/t8-,9?,10?,11?/m1/s1. The lowest BCUT2D eigenvalue weighted by atomic mass is 9.45. The van der Waals surface area contributed by atoms with Crippen LogP contribution in [-0.2, 0) is 0 Å². The largest absolute Gasteiger partial charge is 0.490 e. The maximum absolute atomic E-state index is 11.7. The monoisotopic (exact) mass is 277 g/mol. The topological polar surface area (TPSA) is 67.0 Å². The number of ether oxygens (including phenoxy) is 1. The van der Waals surface area contributed by atoms with Crippen LogP contribution in [0.25, 0.3) is 0 Å². The Kier molecular flexibility index (Phi) is 3.03. The third-order valence-electron chi connectivity index (χ3n) is 5.71. The van der Waals surface area contributed by atoms with Gasteiger partial charge in [0.1, 0.15) is 5.69 Å². The molecule has 0 amide bonds. The maximum atomic E-state index is 11.7. The number of nitrogens with one attached hydrogen (secondary N) is 2. The molecule has 0 aromatic carbocycles. The summed E-state index contributed by atoms with van der Waals surface area (Å²) in [7, 11) is 1.51. The highest BCUT2D eigenvalue weighted by atomic mass is 16.5. The van der Waals surface area contributed by atoms with Gasteiger partial charge in [0.25, 0.3) is 0 Å². The van der Waals surface area contributed by atoms with Crippen LogP contribution in [0.15, 0.2) is 11.0 Å². The molecular formula is C15H23N3O2. The van der Waals surface area contributed by atoms with E-state index in [1.807, 2.05) is 0 Å². The summed E-state index contributed by atoms with van der Waals surface area (Å²) in [4.78, 5) is 11.7. The van der Waals surface area contributed by atoms with Gasteiger partial charge in [-0.1, -0.05) is 20.8 Å². The number of nitrogens with zero attached hydrogens (tertiary/aromatic N) is 1. The molecule has 3 aliphatic carbocycles. The summed E-state index contributed by atoms with van der Waals surface area (Å²) < 4.78 is 5.19. The minimum absolute atomic E-state index is 0.286. The number of aromatic amines is 1. The predicted octanol–water partition coefficient (Wildman–Crippen LogP) is 2.26. The van der Waals surface area contributed by atoms with Crippen LogP contribution >= 0.6 is 0 Å². The molecule has 5 nitrogen and oxygen atoms in total. The number of hydrogen-bond donors (Lipinski definition) is 2. The lowest BCUT2D eigenvalue weighted by Gasteiger charge is -2.62. The molecule has 4 atom stereocenters. The van der Waals surface area contributed by atoms with Crippen molar-refractivity contribution in [3.8, 4) is 5.75 Å². The Morgan fingerprint density at radius 3 is 2.80 bits per heavy atom. The number of rotatable bonds is 3. The summed E-state index contributed by atoms with van der Waals surface area (Å²) >= 11 is 0. The molecule has 5 heteroatoms. The van der Waals surface area contributed by atoms with E-state index >= 15 is 0 Å². The first kappa shape index (κ1) is 13.5. The van der Waals surface area contributed by atoms with Crippen molar-refractivity contribution in [1.82, 2.24) is 10.2 Å². The lowest BCUT2D eigenvalue weighted by molar-refractivity contribution is -0.105. The van der Waals surface area contributed by atoms with Crippen molar-refractivity contribution in [2.24, 2.45) is 23.2 Å². The second-order valence-corrected chi connectivity index (χ2v) is 6.85. The fourth-order valence-corrected chi connectivity index (χ4v) is 4.23. The smallest absolute Gasteiger partial charge is 0.308 e. The van der Waals surface area contributed by atoms with Crippen molar-refractivity contribution in [3.63, 3.8) is 0 Å². The summed E-state index contributed by atoms with van der Waals surface area (Å²) in [5.74, 6) is 2.46. The van der Waals surface area contributed by atoms with E-state index < -0.39 is 0 Å². The van der Waals surface area contributed by atoms with E-state index in [1.54, 1.807) is 6.20 Å². The van der Waals surface area contributed by atoms with Gasteiger partial charge >= 0.3 is 5.56 Å². The summed E-state index contributed by atoms with van der Waals surface area (Å²) in [6, 6.07) is 0.393. The van der Waals surface area contributed by atoms with E-state index in [4.69, 9.17) is 4.74 Å². The normalized spacial score (nSPS) is 34.2. The Labute approximate surface area is 119 Å². The molecule has 20 heavy (non-hydrogen) atoms. The molecule has 3 saturated carbocycles. The molecule has 0 saturated heterocycles. The molecule has 1 aromatic heterocycles. The maximum Gasteiger partial charge on any atom is 0.308 e. The number of methoxy groups -OCH3 is 1. The molecule has 0 aliphatic heterocycles. The Balaban J connectivity index is 1.80.